The van der Waals surface area contributed by atoms with Gasteiger partial charge in [-0.25, -0.2) is 0 Å². The smallest absolute Gasteiger partial charge is 0.136 e. The lowest BCUT2D eigenvalue weighted by Crippen LogP contribution is -2.09. The summed E-state index contributed by atoms with van der Waals surface area (Å²) in [5.74, 6) is 0. The Kier molecular flexibility index (Phi) is 10.2. The van der Waals surface area contributed by atoms with Crippen molar-refractivity contribution in [3.8, 4) is 61.3 Å². The van der Waals surface area contributed by atoms with Gasteiger partial charge in [0, 0.05) is 54.9 Å². The van der Waals surface area contributed by atoms with Gasteiger partial charge in [0.15, 0.2) is 0 Å². The van der Waals surface area contributed by atoms with E-state index in [1.807, 2.05) is 12.1 Å². The molecule has 356 valence electrons. The van der Waals surface area contributed by atoms with Crippen molar-refractivity contribution in [3.05, 3.63) is 279 Å². The van der Waals surface area contributed by atoms with Gasteiger partial charge in [0.2, 0.25) is 0 Å². The summed E-state index contributed by atoms with van der Waals surface area (Å²) in [6.07, 6.45) is 0. The number of hydrogen-bond acceptors (Lipinski definition) is 3. The maximum absolute atomic E-state index is 6.42. The van der Waals surface area contributed by atoms with E-state index in [-0.39, 0.29) is 0 Å². The zero-order valence-electron chi connectivity index (χ0n) is 41.3. The second-order valence-corrected chi connectivity index (χ2v) is 19.6. The van der Waals surface area contributed by atoms with E-state index >= 15 is 0 Å². The van der Waals surface area contributed by atoms with Crippen LogP contribution in [0.3, 0.4) is 0 Å². The monoisotopic (exact) mass is 970 g/mol. The second-order valence-electron chi connectivity index (χ2n) is 19.6. The molecule has 0 bridgehead atoms. The Hall–Kier alpha value is -10.2. The average molecular weight is 971 g/mol. The predicted molar refractivity (Wildman–Crippen MR) is 317 cm³/mol. The molecule has 4 nitrogen and oxygen atoms in total. The summed E-state index contributed by atoms with van der Waals surface area (Å²) in [5, 5.41) is 6.83. The number of aromatic nitrogens is 1. The Morgan fingerprint density at radius 3 is 1.11 bits per heavy atom. The molecule has 0 aliphatic rings. The zero-order chi connectivity index (χ0) is 50.1. The summed E-state index contributed by atoms with van der Waals surface area (Å²) in [4.78, 5) is 2.35. The molecule has 0 amide bonds. The van der Waals surface area contributed by atoms with Crippen LogP contribution in [0.1, 0.15) is 0 Å². The van der Waals surface area contributed by atoms with E-state index in [9.17, 15) is 0 Å². The van der Waals surface area contributed by atoms with Crippen LogP contribution in [-0.2, 0) is 0 Å². The third-order valence-electron chi connectivity index (χ3n) is 15.2. The minimum Gasteiger partial charge on any atom is -0.456 e. The normalized spacial score (nSPS) is 11.7. The average Bonchev–Trinajstić information content (AvgIpc) is 4.24. The van der Waals surface area contributed by atoms with Crippen LogP contribution in [0.25, 0.3) is 127 Å². The van der Waals surface area contributed by atoms with Crippen LogP contribution in [0.2, 0.25) is 0 Å². The van der Waals surface area contributed by atoms with Gasteiger partial charge in [-0.15, -0.1) is 0 Å². The van der Waals surface area contributed by atoms with Crippen LogP contribution >= 0.6 is 0 Å². The summed E-state index contributed by atoms with van der Waals surface area (Å²) in [6.45, 7) is 0. The zero-order valence-corrected chi connectivity index (χ0v) is 41.3. The van der Waals surface area contributed by atoms with Gasteiger partial charge in [-0.05, 0) is 129 Å². The first-order valence-corrected chi connectivity index (χ1v) is 25.9. The van der Waals surface area contributed by atoms with Gasteiger partial charge in [-0.1, -0.05) is 200 Å². The second kappa shape index (κ2) is 17.8. The van der Waals surface area contributed by atoms with Gasteiger partial charge in [0.05, 0.1) is 16.7 Å². The third kappa shape index (κ3) is 7.22. The Morgan fingerprint density at radius 2 is 0.618 bits per heavy atom. The molecule has 3 aromatic heterocycles. The van der Waals surface area contributed by atoms with Crippen LogP contribution in [0.4, 0.5) is 17.1 Å². The molecule has 15 aromatic rings. The van der Waals surface area contributed by atoms with Crippen molar-refractivity contribution < 1.29 is 8.83 Å². The Labute approximate surface area is 439 Å². The van der Waals surface area contributed by atoms with Crippen molar-refractivity contribution in [2.24, 2.45) is 0 Å². The molecule has 4 heteroatoms. The van der Waals surface area contributed by atoms with E-state index in [1.165, 1.54) is 33.0 Å². The standard InChI is InChI=1S/C72H46N2O2/c1-3-15-47(16-4-1)49-29-37-54(38-30-49)73(55-39-31-50(32-40-55)48-17-5-2-6-18-48)56-41-33-51(34-42-56)57-19-7-10-24-64(57)74-65-45-52(58-22-13-27-69-71(58)62-20-8-11-25-67(62)75-69)35-43-60(65)61-44-36-53(46-66(61)74)59-23-14-28-70-72(59)63-21-9-12-26-68(63)76-70/h1-46H. The van der Waals surface area contributed by atoms with E-state index in [2.05, 4.69) is 276 Å². The summed E-state index contributed by atoms with van der Waals surface area (Å²) in [6, 6.07) is 100. The SMILES string of the molecule is c1ccc(-c2ccc(N(c3ccc(-c4ccccc4)cc3)c3ccc(-c4ccccc4-n4c5cc(-c6cccc7oc8ccccc8c67)ccc5c5ccc(-c6cccc7oc8ccccc8c67)cc54)cc3)cc2)cc1. The highest BCUT2D eigenvalue weighted by Gasteiger charge is 2.21. The highest BCUT2D eigenvalue weighted by Crippen LogP contribution is 2.45. The first-order chi connectivity index (χ1) is 37.7. The summed E-state index contributed by atoms with van der Waals surface area (Å²) < 4.78 is 15.3. The van der Waals surface area contributed by atoms with Gasteiger partial charge in [0.25, 0.3) is 0 Å². The lowest BCUT2D eigenvalue weighted by molar-refractivity contribution is 0.668. The number of benzene rings is 12. The fourth-order valence-corrected chi connectivity index (χ4v) is 11.7. The van der Waals surface area contributed by atoms with Crippen LogP contribution in [0, 0.1) is 0 Å². The largest absolute Gasteiger partial charge is 0.456 e. The molecule has 0 fully saturated rings. The van der Waals surface area contributed by atoms with Crippen molar-refractivity contribution in [1.29, 1.82) is 0 Å². The molecule has 0 aliphatic carbocycles. The Bertz CT molecular complexity index is 4410. The van der Waals surface area contributed by atoms with Crippen LogP contribution in [-0.4, -0.2) is 4.57 Å². The highest BCUT2D eigenvalue weighted by atomic mass is 16.3. The van der Waals surface area contributed by atoms with E-state index in [4.69, 9.17) is 8.83 Å². The number of fused-ring (bicyclic) bond motifs is 9. The van der Waals surface area contributed by atoms with Crippen molar-refractivity contribution in [2.45, 2.75) is 0 Å². The van der Waals surface area contributed by atoms with Crippen LogP contribution in [0.15, 0.2) is 288 Å². The van der Waals surface area contributed by atoms with Crippen LogP contribution < -0.4 is 4.90 Å². The van der Waals surface area contributed by atoms with Gasteiger partial charge < -0.3 is 18.3 Å². The molecular formula is C72H46N2O2. The van der Waals surface area contributed by atoms with Crippen molar-refractivity contribution in [3.63, 3.8) is 0 Å². The molecular weight excluding hydrogens is 925 g/mol. The fourth-order valence-electron chi connectivity index (χ4n) is 11.7. The van der Waals surface area contributed by atoms with E-state index in [0.717, 1.165) is 111 Å². The molecule has 0 saturated heterocycles. The molecule has 0 saturated carbocycles. The van der Waals surface area contributed by atoms with Gasteiger partial charge >= 0.3 is 0 Å². The molecule has 3 heterocycles. The van der Waals surface area contributed by atoms with Crippen molar-refractivity contribution in [2.75, 3.05) is 4.90 Å². The molecule has 0 spiro atoms. The minimum absolute atomic E-state index is 0.880. The van der Waals surface area contributed by atoms with Gasteiger partial charge in [-0.3, -0.25) is 0 Å². The van der Waals surface area contributed by atoms with E-state index in [1.54, 1.807) is 0 Å². The number of hydrogen-bond donors (Lipinski definition) is 0. The number of para-hydroxylation sites is 3. The van der Waals surface area contributed by atoms with E-state index < -0.39 is 0 Å². The third-order valence-corrected chi connectivity index (χ3v) is 15.2. The van der Waals surface area contributed by atoms with Crippen LogP contribution in [0.5, 0.6) is 0 Å². The number of rotatable bonds is 9. The molecule has 15 rings (SSSR count). The van der Waals surface area contributed by atoms with E-state index in [0.29, 0.717) is 0 Å². The molecule has 0 N–H and O–H groups in total. The van der Waals surface area contributed by atoms with Crippen molar-refractivity contribution >= 4 is 82.7 Å². The maximum atomic E-state index is 6.42. The number of anilines is 3. The minimum atomic E-state index is 0.880. The van der Waals surface area contributed by atoms with Crippen molar-refractivity contribution in [1.82, 2.24) is 4.57 Å². The lowest BCUT2D eigenvalue weighted by atomic mass is 9.97. The van der Waals surface area contributed by atoms with Gasteiger partial charge in [-0.2, -0.15) is 0 Å². The summed E-state index contributed by atoms with van der Waals surface area (Å²) in [7, 11) is 0. The number of nitrogens with zero attached hydrogens (tertiary/aromatic N) is 2. The first kappa shape index (κ1) is 43.4. The summed E-state index contributed by atoms with van der Waals surface area (Å²) >= 11 is 0. The highest BCUT2D eigenvalue weighted by molar-refractivity contribution is 6.17. The lowest BCUT2D eigenvalue weighted by Gasteiger charge is -2.26. The first-order valence-electron chi connectivity index (χ1n) is 25.9. The molecule has 12 aromatic carbocycles. The topological polar surface area (TPSA) is 34.5 Å². The predicted octanol–water partition coefficient (Wildman–Crippen LogP) is 20.4. The molecule has 0 unspecified atom stereocenters. The maximum Gasteiger partial charge on any atom is 0.136 e. The molecule has 0 aliphatic heterocycles. The number of furan rings is 2. The quantitative estimate of drug-likeness (QED) is 0.145. The Morgan fingerprint density at radius 1 is 0.250 bits per heavy atom. The Balaban J connectivity index is 0.900. The molecule has 76 heavy (non-hydrogen) atoms. The fraction of sp³-hybridized carbons (Fsp3) is 0. The molecule has 0 atom stereocenters. The van der Waals surface area contributed by atoms with Gasteiger partial charge in [0.1, 0.15) is 22.3 Å². The molecule has 0 radical (unpaired) electrons. The summed E-state index contributed by atoms with van der Waals surface area (Å²) in [5.41, 5.74) is 21.6.